The summed E-state index contributed by atoms with van der Waals surface area (Å²) in [6.07, 6.45) is 0.335. The van der Waals surface area contributed by atoms with Crippen molar-refractivity contribution in [2.75, 3.05) is 33.7 Å². The van der Waals surface area contributed by atoms with Crippen molar-refractivity contribution < 1.29 is 4.79 Å². The van der Waals surface area contributed by atoms with Gasteiger partial charge in [0.15, 0.2) is 0 Å². The van der Waals surface area contributed by atoms with Crippen molar-refractivity contribution in [1.29, 1.82) is 0 Å². The molecule has 5 heteroatoms. The molecule has 0 heterocycles. The number of carbonyl (C=O) groups excluding carboxylic acids is 1. The highest BCUT2D eigenvalue weighted by molar-refractivity contribution is 5.74. The minimum atomic E-state index is -0.286. The minimum Gasteiger partial charge on any atom is -0.370 e. The van der Waals surface area contributed by atoms with Gasteiger partial charge >= 0.3 is 0 Å². The largest absolute Gasteiger partial charge is 0.370 e. The van der Waals surface area contributed by atoms with Crippen LogP contribution < -0.4 is 11.5 Å². The molecule has 0 aromatic rings. The highest BCUT2D eigenvalue weighted by Crippen LogP contribution is 2.08. The summed E-state index contributed by atoms with van der Waals surface area (Å²) in [5, 5.41) is 0. The van der Waals surface area contributed by atoms with Gasteiger partial charge < -0.3 is 16.4 Å². The van der Waals surface area contributed by atoms with Gasteiger partial charge in [-0.15, -0.1) is 0 Å². The molecule has 0 saturated carbocycles. The Bertz CT molecular complexity index is 208. The molecule has 16 heavy (non-hydrogen) atoms. The Kier molecular flexibility index (Phi) is 7.29. The molecule has 2 unspecified atom stereocenters. The maximum Gasteiger partial charge on any atom is 0.219 e. The van der Waals surface area contributed by atoms with Crippen LogP contribution in [0.5, 0.6) is 0 Å². The lowest BCUT2D eigenvalue weighted by atomic mass is 10.1. The molecule has 0 radical (unpaired) electrons. The molecular formula is C11H26N4O. The normalized spacial score (nSPS) is 15.4. The fourth-order valence-corrected chi connectivity index (χ4v) is 2.13. The van der Waals surface area contributed by atoms with E-state index in [1.54, 1.807) is 0 Å². The second-order valence-corrected chi connectivity index (χ2v) is 4.50. The Balaban J connectivity index is 4.46. The monoisotopic (exact) mass is 230 g/mol. The molecule has 0 spiro atoms. The lowest BCUT2D eigenvalue weighted by Crippen LogP contribution is -2.50. The SMILES string of the molecule is CCN(C(C)CN(C)C)C(CN)CC(N)=O. The molecule has 2 atom stereocenters. The lowest BCUT2D eigenvalue weighted by molar-refractivity contribution is -0.119. The first kappa shape index (κ1) is 15.3. The third kappa shape index (κ3) is 5.44. The number of hydrogen-bond donors (Lipinski definition) is 2. The van der Waals surface area contributed by atoms with Crippen molar-refractivity contribution in [2.45, 2.75) is 32.4 Å². The van der Waals surface area contributed by atoms with Crippen LogP contribution in [-0.2, 0) is 4.79 Å². The van der Waals surface area contributed by atoms with Crippen LogP contribution in [0.15, 0.2) is 0 Å². The molecular weight excluding hydrogens is 204 g/mol. The zero-order chi connectivity index (χ0) is 12.7. The van der Waals surface area contributed by atoms with Crippen LogP contribution in [0.3, 0.4) is 0 Å². The van der Waals surface area contributed by atoms with Gasteiger partial charge in [-0.25, -0.2) is 0 Å². The first-order chi connectivity index (χ1) is 7.42. The van der Waals surface area contributed by atoms with E-state index in [2.05, 4.69) is 23.6 Å². The molecule has 0 fully saturated rings. The summed E-state index contributed by atoms with van der Waals surface area (Å²) in [6, 6.07) is 0.422. The number of nitrogens with two attached hydrogens (primary N) is 2. The number of primary amides is 1. The average molecular weight is 230 g/mol. The maximum absolute atomic E-state index is 11.0. The Labute approximate surface area is 98.7 Å². The average Bonchev–Trinajstić information content (AvgIpc) is 2.15. The molecule has 0 aromatic carbocycles. The number of hydrogen-bond acceptors (Lipinski definition) is 4. The van der Waals surface area contributed by atoms with Crippen molar-refractivity contribution in [3.63, 3.8) is 0 Å². The van der Waals surface area contributed by atoms with E-state index >= 15 is 0 Å². The molecule has 1 amide bonds. The molecule has 5 nitrogen and oxygen atoms in total. The van der Waals surface area contributed by atoms with Gasteiger partial charge in [0, 0.05) is 31.6 Å². The Morgan fingerprint density at radius 3 is 2.25 bits per heavy atom. The second kappa shape index (κ2) is 7.60. The molecule has 0 aliphatic carbocycles. The molecule has 0 bridgehead atoms. The summed E-state index contributed by atoms with van der Waals surface area (Å²) in [4.78, 5) is 15.3. The van der Waals surface area contributed by atoms with Crippen LogP contribution in [0.2, 0.25) is 0 Å². The third-order valence-electron chi connectivity index (χ3n) is 2.74. The maximum atomic E-state index is 11.0. The minimum absolute atomic E-state index is 0.0532. The third-order valence-corrected chi connectivity index (χ3v) is 2.74. The summed E-state index contributed by atoms with van der Waals surface area (Å²) in [6.45, 7) is 6.52. The number of rotatable bonds is 8. The van der Waals surface area contributed by atoms with Gasteiger partial charge in [0.1, 0.15) is 0 Å². The van der Waals surface area contributed by atoms with Crippen molar-refractivity contribution in [3.05, 3.63) is 0 Å². The van der Waals surface area contributed by atoms with E-state index < -0.39 is 0 Å². The van der Waals surface area contributed by atoms with Gasteiger partial charge in [0.05, 0.1) is 0 Å². The fourth-order valence-electron chi connectivity index (χ4n) is 2.13. The van der Waals surface area contributed by atoms with Crippen LogP contribution in [0.4, 0.5) is 0 Å². The predicted octanol–water partition coefficient (Wildman–Crippen LogP) is -0.539. The van der Waals surface area contributed by atoms with Crippen LogP contribution >= 0.6 is 0 Å². The second-order valence-electron chi connectivity index (χ2n) is 4.50. The lowest BCUT2D eigenvalue weighted by Gasteiger charge is -2.35. The van der Waals surface area contributed by atoms with Crippen LogP contribution in [0.25, 0.3) is 0 Å². The Morgan fingerprint density at radius 2 is 1.94 bits per heavy atom. The Hall–Kier alpha value is -0.650. The first-order valence-corrected chi connectivity index (χ1v) is 5.81. The smallest absolute Gasteiger partial charge is 0.219 e. The van der Waals surface area contributed by atoms with Gasteiger partial charge in [0.2, 0.25) is 5.91 Å². The molecule has 0 aliphatic heterocycles. The summed E-state index contributed by atoms with van der Waals surface area (Å²) in [5.41, 5.74) is 10.9. The van der Waals surface area contributed by atoms with E-state index in [1.165, 1.54) is 0 Å². The molecule has 96 valence electrons. The predicted molar refractivity (Wildman–Crippen MR) is 67.0 cm³/mol. The molecule has 0 rings (SSSR count). The number of nitrogens with zero attached hydrogens (tertiary/aromatic N) is 2. The van der Waals surface area contributed by atoms with E-state index in [9.17, 15) is 4.79 Å². The molecule has 4 N–H and O–H groups in total. The fraction of sp³-hybridized carbons (Fsp3) is 0.909. The molecule has 0 saturated heterocycles. The summed E-state index contributed by atoms with van der Waals surface area (Å²) >= 11 is 0. The van der Waals surface area contributed by atoms with Gasteiger partial charge in [-0.1, -0.05) is 6.92 Å². The van der Waals surface area contributed by atoms with E-state index in [0.717, 1.165) is 13.1 Å². The zero-order valence-corrected chi connectivity index (χ0v) is 10.9. The van der Waals surface area contributed by atoms with E-state index in [4.69, 9.17) is 11.5 Å². The van der Waals surface area contributed by atoms with Crippen molar-refractivity contribution in [1.82, 2.24) is 9.80 Å². The molecule has 0 aromatic heterocycles. The van der Waals surface area contributed by atoms with E-state index in [0.29, 0.717) is 19.0 Å². The zero-order valence-electron chi connectivity index (χ0n) is 10.9. The quantitative estimate of drug-likeness (QED) is 0.587. The van der Waals surface area contributed by atoms with Crippen molar-refractivity contribution >= 4 is 5.91 Å². The summed E-state index contributed by atoms with van der Waals surface area (Å²) < 4.78 is 0. The standard InChI is InChI=1S/C11H26N4O/c1-5-15(9(2)8-14(3)4)10(7-12)6-11(13)16/h9-10H,5-8,12H2,1-4H3,(H2,13,16). The summed E-state index contributed by atoms with van der Waals surface area (Å²) in [5.74, 6) is -0.286. The van der Waals surface area contributed by atoms with E-state index in [1.807, 2.05) is 14.1 Å². The van der Waals surface area contributed by atoms with Gasteiger partial charge in [0.25, 0.3) is 0 Å². The van der Waals surface area contributed by atoms with Gasteiger partial charge in [-0.05, 0) is 27.6 Å². The van der Waals surface area contributed by atoms with Gasteiger partial charge in [-0.3, -0.25) is 9.69 Å². The Morgan fingerprint density at radius 1 is 1.38 bits per heavy atom. The van der Waals surface area contributed by atoms with Crippen molar-refractivity contribution in [3.8, 4) is 0 Å². The van der Waals surface area contributed by atoms with Gasteiger partial charge in [-0.2, -0.15) is 0 Å². The number of amides is 1. The highest BCUT2D eigenvalue weighted by atomic mass is 16.1. The first-order valence-electron chi connectivity index (χ1n) is 5.81. The van der Waals surface area contributed by atoms with E-state index in [-0.39, 0.29) is 11.9 Å². The molecule has 0 aliphatic rings. The van der Waals surface area contributed by atoms with Crippen molar-refractivity contribution in [2.24, 2.45) is 11.5 Å². The van der Waals surface area contributed by atoms with Crippen LogP contribution in [-0.4, -0.2) is 61.5 Å². The highest BCUT2D eigenvalue weighted by Gasteiger charge is 2.22. The number of carbonyl (C=O) groups is 1. The van der Waals surface area contributed by atoms with Crippen LogP contribution in [0.1, 0.15) is 20.3 Å². The van der Waals surface area contributed by atoms with Crippen LogP contribution in [0, 0.1) is 0 Å². The number of likely N-dealkylation sites (N-methyl/N-ethyl adjacent to an activating group) is 2. The topological polar surface area (TPSA) is 75.6 Å². The summed E-state index contributed by atoms with van der Waals surface area (Å²) in [7, 11) is 4.08.